The van der Waals surface area contributed by atoms with Gasteiger partial charge in [-0.2, -0.15) is 0 Å². The summed E-state index contributed by atoms with van der Waals surface area (Å²) in [6.07, 6.45) is 0. The highest BCUT2D eigenvalue weighted by Crippen LogP contribution is 2.48. The average molecular weight is 615 g/mol. The minimum atomic E-state index is 1.17. The molecule has 0 bridgehead atoms. The van der Waals surface area contributed by atoms with Gasteiger partial charge in [-0.25, -0.2) is 0 Å². The van der Waals surface area contributed by atoms with Gasteiger partial charge >= 0.3 is 0 Å². The molecule has 3 heteroatoms. The second kappa shape index (κ2) is 9.32. The van der Waals surface area contributed by atoms with Gasteiger partial charge in [0, 0.05) is 58.5 Å². The van der Waals surface area contributed by atoms with Crippen LogP contribution in [0.4, 0.5) is 0 Å². The Bertz CT molecular complexity index is 3070. The summed E-state index contributed by atoms with van der Waals surface area (Å²) < 4.78 is 7.67. The summed E-state index contributed by atoms with van der Waals surface area (Å²) in [5.74, 6) is 0. The maximum absolute atomic E-state index is 2.54. The number of fused-ring (bicyclic) bond motifs is 14. The molecule has 218 valence electrons. The lowest BCUT2D eigenvalue weighted by molar-refractivity contribution is 1.18. The first-order valence-electron chi connectivity index (χ1n) is 16.1. The van der Waals surface area contributed by atoms with Gasteiger partial charge in [-0.3, -0.25) is 0 Å². The number of hydrogen-bond acceptors (Lipinski definition) is 1. The molecule has 11 aromatic rings. The quantitative estimate of drug-likeness (QED) is 0.183. The Labute approximate surface area is 273 Å². The molecule has 0 saturated carbocycles. The molecule has 0 saturated heterocycles. The minimum absolute atomic E-state index is 1.17. The third-order valence-electron chi connectivity index (χ3n) is 10.0. The molecule has 8 aromatic carbocycles. The maximum Gasteiger partial charge on any atom is 0.0647 e. The lowest BCUT2D eigenvalue weighted by atomic mass is 9.98. The van der Waals surface area contributed by atoms with Crippen molar-refractivity contribution in [2.75, 3.05) is 0 Å². The van der Waals surface area contributed by atoms with Crippen LogP contribution in [0.25, 0.3) is 96.7 Å². The summed E-state index contributed by atoms with van der Waals surface area (Å²) in [6.45, 7) is 0. The molecule has 47 heavy (non-hydrogen) atoms. The molecule has 0 N–H and O–H groups in total. The molecule has 11 rings (SSSR count). The Balaban J connectivity index is 1.43. The number of rotatable bonds is 2. The summed E-state index contributed by atoms with van der Waals surface area (Å²) in [5, 5.41) is 12.8. The van der Waals surface area contributed by atoms with Gasteiger partial charge < -0.3 is 9.13 Å². The van der Waals surface area contributed by atoms with E-state index in [4.69, 9.17) is 0 Å². The highest BCUT2D eigenvalue weighted by molar-refractivity contribution is 7.25. The van der Waals surface area contributed by atoms with E-state index >= 15 is 0 Å². The Hall–Kier alpha value is -5.90. The number of benzene rings is 8. The van der Waals surface area contributed by atoms with Crippen LogP contribution in [0.15, 0.2) is 158 Å². The molecule has 0 fully saturated rings. The van der Waals surface area contributed by atoms with Gasteiger partial charge in [0.15, 0.2) is 0 Å². The first-order chi connectivity index (χ1) is 23.3. The Morgan fingerprint density at radius 3 is 1.83 bits per heavy atom. The highest BCUT2D eigenvalue weighted by Gasteiger charge is 2.25. The molecular weight excluding hydrogens is 589 g/mol. The second-order valence-corrected chi connectivity index (χ2v) is 13.6. The van der Waals surface area contributed by atoms with Crippen LogP contribution in [0.1, 0.15) is 0 Å². The monoisotopic (exact) mass is 614 g/mol. The van der Waals surface area contributed by atoms with Crippen molar-refractivity contribution in [3.8, 4) is 11.4 Å². The van der Waals surface area contributed by atoms with Crippen LogP contribution in [0.5, 0.6) is 0 Å². The van der Waals surface area contributed by atoms with Crippen molar-refractivity contribution < 1.29 is 0 Å². The summed E-state index contributed by atoms with van der Waals surface area (Å²) in [4.78, 5) is 0. The van der Waals surface area contributed by atoms with Crippen molar-refractivity contribution in [3.63, 3.8) is 0 Å². The molecule has 0 aliphatic carbocycles. The summed E-state index contributed by atoms with van der Waals surface area (Å²) in [6, 6.07) is 58.2. The summed E-state index contributed by atoms with van der Waals surface area (Å²) in [5.41, 5.74) is 7.31. The molecule has 0 radical (unpaired) electrons. The zero-order valence-electron chi connectivity index (χ0n) is 25.3. The summed E-state index contributed by atoms with van der Waals surface area (Å²) in [7, 11) is 0. The molecule has 0 unspecified atom stereocenters. The van der Waals surface area contributed by atoms with Crippen molar-refractivity contribution in [3.05, 3.63) is 158 Å². The van der Waals surface area contributed by atoms with Crippen molar-refractivity contribution >= 4 is 96.7 Å². The number of hydrogen-bond donors (Lipinski definition) is 0. The van der Waals surface area contributed by atoms with Crippen LogP contribution in [0.3, 0.4) is 0 Å². The highest BCUT2D eigenvalue weighted by atomic mass is 32.1. The SMILES string of the molecule is c1ccc(-n2c3ccccc3c3c4ccccc4c4c(c5cc6ccccc6cc5n4-c4ccc5c(c4)sc4ccccc45)c32)cc1. The van der Waals surface area contributed by atoms with E-state index in [0.29, 0.717) is 0 Å². The molecule has 0 amide bonds. The number of thiophene rings is 1. The molecule has 0 spiro atoms. The van der Waals surface area contributed by atoms with Crippen molar-refractivity contribution in [2.24, 2.45) is 0 Å². The molecule has 0 atom stereocenters. The van der Waals surface area contributed by atoms with E-state index < -0.39 is 0 Å². The van der Waals surface area contributed by atoms with E-state index in [1.165, 1.54) is 96.7 Å². The normalized spacial score (nSPS) is 12.3. The number of aromatic nitrogens is 2. The zero-order chi connectivity index (χ0) is 30.6. The van der Waals surface area contributed by atoms with Gasteiger partial charge in [0.05, 0.1) is 22.1 Å². The van der Waals surface area contributed by atoms with Gasteiger partial charge in [-0.1, -0.05) is 109 Å². The predicted octanol–water partition coefficient (Wildman–Crippen LogP) is 12.6. The van der Waals surface area contributed by atoms with E-state index in [2.05, 4.69) is 167 Å². The van der Waals surface area contributed by atoms with Crippen LogP contribution >= 0.6 is 11.3 Å². The Morgan fingerprint density at radius 1 is 0.340 bits per heavy atom. The van der Waals surface area contributed by atoms with E-state index in [1.807, 2.05) is 11.3 Å². The molecule has 0 aliphatic rings. The minimum Gasteiger partial charge on any atom is -0.309 e. The van der Waals surface area contributed by atoms with Crippen LogP contribution in [-0.2, 0) is 0 Å². The summed E-state index contributed by atoms with van der Waals surface area (Å²) >= 11 is 1.88. The Morgan fingerprint density at radius 2 is 0.979 bits per heavy atom. The zero-order valence-corrected chi connectivity index (χ0v) is 26.1. The van der Waals surface area contributed by atoms with E-state index in [9.17, 15) is 0 Å². The molecule has 2 nitrogen and oxygen atoms in total. The molecule has 0 aliphatic heterocycles. The van der Waals surface area contributed by atoms with Crippen molar-refractivity contribution in [1.29, 1.82) is 0 Å². The fraction of sp³-hybridized carbons (Fsp3) is 0. The van der Waals surface area contributed by atoms with Crippen LogP contribution in [-0.4, -0.2) is 9.13 Å². The third kappa shape index (κ3) is 3.39. The van der Waals surface area contributed by atoms with E-state index in [1.54, 1.807) is 0 Å². The fourth-order valence-electron chi connectivity index (χ4n) is 8.09. The predicted molar refractivity (Wildman–Crippen MR) is 203 cm³/mol. The largest absolute Gasteiger partial charge is 0.309 e. The van der Waals surface area contributed by atoms with Gasteiger partial charge in [0.1, 0.15) is 0 Å². The van der Waals surface area contributed by atoms with Gasteiger partial charge in [0.2, 0.25) is 0 Å². The average Bonchev–Trinajstić information content (AvgIpc) is 3.78. The van der Waals surface area contributed by atoms with Gasteiger partial charge in [-0.05, 0) is 64.7 Å². The number of para-hydroxylation sites is 2. The van der Waals surface area contributed by atoms with Crippen molar-refractivity contribution in [2.45, 2.75) is 0 Å². The lowest BCUT2D eigenvalue weighted by Crippen LogP contribution is -1.96. The second-order valence-electron chi connectivity index (χ2n) is 12.5. The first-order valence-corrected chi connectivity index (χ1v) is 16.9. The fourth-order valence-corrected chi connectivity index (χ4v) is 9.23. The van der Waals surface area contributed by atoms with Crippen LogP contribution in [0.2, 0.25) is 0 Å². The maximum atomic E-state index is 2.54. The molecule has 3 aromatic heterocycles. The van der Waals surface area contributed by atoms with E-state index in [-0.39, 0.29) is 0 Å². The van der Waals surface area contributed by atoms with Gasteiger partial charge in [0.25, 0.3) is 0 Å². The van der Waals surface area contributed by atoms with Crippen LogP contribution in [0, 0.1) is 0 Å². The van der Waals surface area contributed by atoms with Crippen LogP contribution < -0.4 is 0 Å². The molecule has 3 heterocycles. The van der Waals surface area contributed by atoms with E-state index in [0.717, 1.165) is 0 Å². The lowest BCUT2D eigenvalue weighted by Gasteiger charge is -2.13. The Kier molecular flexibility index (Phi) is 5.02. The smallest absolute Gasteiger partial charge is 0.0647 e. The topological polar surface area (TPSA) is 9.86 Å². The standard InChI is InChI=1S/C44H26N2S/c1-2-14-29(15-3-1)45-37-20-10-8-19-35(37)41-33-17-6-7-18-34(33)43-42(44(41)45)36-24-27-12-4-5-13-28(27)25-38(36)46(43)30-22-23-32-31-16-9-11-21-39(31)47-40(32)26-30/h1-26H. The number of nitrogens with zero attached hydrogens (tertiary/aromatic N) is 2. The first kappa shape index (κ1) is 25.3. The van der Waals surface area contributed by atoms with Gasteiger partial charge in [-0.15, -0.1) is 11.3 Å². The molecular formula is C44H26N2S. The third-order valence-corrected chi connectivity index (χ3v) is 11.2. The van der Waals surface area contributed by atoms with Crippen molar-refractivity contribution in [1.82, 2.24) is 9.13 Å².